The zero-order chi connectivity index (χ0) is 15.7. The van der Waals surface area contributed by atoms with Crippen molar-refractivity contribution < 1.29 is 24.1 Å². The second-order valence-electron chi connectivity index (χ2n) is 4.59. The Bertz CT molecular complexity index is 452. The van der Waals surface area contributed by atoms with Crippen molar-refractivity contribution in [1.29, 1.82) is 0 Å². The molecule has 0 amide bonds. The SMILES string of the molecule is COC(=O)/C=C/C[C@@H](O)[C@H](C)OCc1ccc(OC)cc1. The van der Waals surface area contributed by atoms with E-state index in [1.54, 1.807) is 20.1 Å². The lowest BCUT2D eigenvalue weighted by Gasteiger charge is -2.18. The molecular formula is C16H22O5. The average Bonchev–Trinajstić information content (AvgIpc) is 2.52. The molecule has 0 aliphatic carbocycles. The van der Waals surface area contributed by atoms with Crippen LogP contribution in [0.2, 0.25) is 0 Å². The first kappa shape index (κ1) is 17.2. The van der Waals surface area contributed by atoms with E-state index in [4.69, 9.17) is 9.47 Å². The molecule has 0 saturated carbocycles. The third-order valence-corrected chi connectivity index (χ3v) is 3.05. The summed E-state index contributed by atoms with van der Waals surface area (Å²) < 4.78 is 15.2. The molecule has 0 aliphatic rings. The molecule has 0 fully saturated rings. The molecule has 0 unspecified atom stereocenters. The fourth-order valence-corrected chi connectivity index (χ4v) is 1.62. The molecule has 0 bridgehead atoms. The molecule has 0 aliphatic heterocycles. The number of methoxy groups -OCH3 is 2. The maximum atomic E-state index is 10.9. The predicted molar refractivity (Wildman–Crippen MR) is 79.0 cm³/mol. The molecule has 21 heavy (non-hydrogen) atoms. The molecule has 2 atom stereocenters. The normalized spacial score (nSPS) is 13.9. The highest BCUT2D eigenvalue weighted by atomic mass is 16.5. The molecule has 0 radical (unpaired) electrons. The van der Waals surface area contributed by atoms with Crippen LogP contribution in [-0.4, -0.2) is 37.5 Å². The van der Waals surface area contributed by atoms with Gasteiger partial charge >= 0.3 is 5.97 Å². The lowest BCUT2D eigenvalue weighted by molar-refractivity contribution is -0.134. The zero-order valence-corrected chi connectivity index (χ0v) is 12.6. The van der Waals surface area contributed by atoms with E-state index < -0.39 is 12.1 Å². The van der Waals surface area contributed by atoms with Gasteiger partial charge in [-0.05, 0) is 31.0 Å². The van der Waals surface area contributed by atoms with Gasteiger partial charge in [0.15, 0.2) is 0 Å². The predicted octanol–water partition coefficient (Wildman–Crippen LogP) is 2.08. The van der Waals surface area contributed by atoms with Gasteiger partial charge in [-0.25, -0.2) is 4.79 Å². The van der Waals surface area contributed by atoms with Crippen molar-refractivity contribution in [2.45, 2.75) is 32.2 Å². The van der Waals surface area contributed by atoms with Gasteiger partial charge in [-0.15, -0.1) is 0 Å². The van der Waals surface area contributed by atoms with Gasteiger partial charge < -0.3 is 19.3 Å². The molecule has 1 rings (SSSR count). The number of ether oxygens (including phenoxy) is 3. The summed E-state index contributed by atoms with van der Waals surface area (Å²) in [7, 11) is 2.93. The number of carbonyl (C=O) groups excluding carboxylic acids is 1. The van der Waals surface area contributed by atoms with Crippen molar-refractivity contribution in [2.24, 2.45) is 0 Å². The third-order valence-electron chi connectivity index (χ3n) is 3.05. The molecule has 116 valence electrons. The minimum absolute atomic E-state index is 0.332. The van der Waals surface area contributed by atoms with E-state index >= 15 is 0 Å². The van der Waals surface area contributed by atoms with Gasteiger partial charge in [0.2, 0.25) is 0 Å². The molecule has 5 nitrogen and oxygen atoms in total. The van der Waals surface area contributed by atoms with Crippen molar-refractivity contribution in [3.63, 3.8) is 0 Å². The van der Waals surface area contributed by atoms with Gasteiger partial charge in [0.1, 0.15) is 5.75 Å². The Morgan fingerprint density at radius 3 is 2.52 bits per heavy atom. The van der Waals surface area contributed by atoms with E-state index in [1.807, 2.05) is 24.3 Å². The Morgan fingerprint density at radius 1 is 1.29 bits per heavy atom. The summed E-state index contributed by atoms with van der Waals surface area (Å²) in [4.78, 5) is 10.9. The fourth-order valence-electron chi connectivity index (χ4n) is 1.62. The highest BCUT2D eigenvalue weighted by Gasteiger charge is 2.13. The number of rotatable bonds is 8. The molecule has 5 heteroatoms. The van der Waals surface area contributed by atoms with E-state index in [-0.39, 0.29) is 6.10 Å². The Kier molecular flexibility index (Phi) is 7.50. The summed E-state index contributed by atoms with van der Waals surface area (Å²) in [5, 5.41) is 9.92. The summed E-state index contributed by atoms with van der Waals surface area (Å²) in [6, 6.07) is 7.54. The number of carbonyl (C=O) groups is 1. The van der Waals surface area contributed by atoms with Crippen molar-refractivity contribution in [2.75, 3.05) is 14.2 Å². The van der Waals surface area contributed by atoms with E-state index in [0.29, 0.717) is 13.0 Å². The van der Waals surface area contributed by atoms with Crippen LogP contribution in [0.3, 0.4) is 0 Å². The van der Waals surface area contributed by atoms with E-state index in [9.17, 15) is 9.90 Å². The molecule has 0 heterocycles. The van der Waals surface area contributed by atoms with Crippen LogP contribution in [0.4, 0.5) is 0 Å². The first-order chi connectivity index (χ1) is 10.1. The van der Waals surface area contributed by atoms with Crippen LogP contribution in [-0.2, 0) is 20.9 Å². The Labute approximate surface area is 125 Å². The van der Waals surface area contributed by atoms with Gasteiger partial charge in [0, 0.05) is 6.08 Å². The highest BCUT2D eigenvalue weighted by molar-refractivity contribution is 5.81. The van der Waals surface area contributed by atoms with Gasteiger partial charge in [-0.1, -0.05) is 18.2 Å². The van der Waals surface area contributed by atoms with Crippen LogP contribution in [0.25, 0.3) is 0 Å². The molecule has 1 aromatic carbocycles. The highest BCUT2D eigenvalue weighted by Crippen LogP contribution is 2.13. The summed E-state index contributed by atoms with van der Waals surface area (Å²) in [5.74, 6) is 0.355. The second kappa shape index (κ2) is 9.15. The zero-order valence-electron chi connectivity index (χ0n) is 12.6. The van der Waals surface area contributed by atoms with Crippen LogP contribution >= 0.6 is 0 Å². The molecule has 0 aromatic heterocycles. The van der Waals surface area contributed by atoms with Crippen LogP contribution in [0, 0.1) is 0 Å². The first-order valence-corrected chi connectivity index (χ1v) is 6.74. The number of esters is 1. The van der Waals surface area contributed by atoms with Crippen LogP contribution < -0.4 is 4.74 Å². The number of benzene rings is 1. The van der Waals surface area contributed by atoms with Crippen molar-refractivity contribution in [1.82, 2.24) is 0 Å². The van der Waals surface area contributed by atoms with Crippen molar-refractivity contribution >= 4 is 5.97 Å². The Hall–Kier alpha value is -1.85. The van der Waals surface area contributed by atoms with Gasteiger partial charge in [-0.2, -0.15) is 0 Å². The molecule has 1 aromatic rings. The molecule has 0 spiro atoms. The van der Waals surface area contributed by atoms with Crippen molar-refractivity contribution in [3.8, 4) is 5.75 Å². The summed E-state index contributed by atoms with van der Waals surface area (Å²) >= 11 is 0. The quantitative estimate of drug-likeness (QED) is 0.587. The van der Waals surface area contributed by atoms with Crippen LogP contribution in [0.1, 0.15) is 18.9 Å². The minimum Gasteiger partial charge on any atom is -0.497 e. The van der Waals surface area contributed by atoms with Gasteiger partial charge in [-0.3, -0.25) is 0 Å². The monoisotopic (exact) mass is 294 g/mol. The lowest BCUT2D eigenvalue weighted by atomic mass is 10.1. The van der Waals surface area contributed by atoms with Gasteiger partial charge in [0.05, 0.1) is 33.0 Å². The smallest absolute Gasteiger partial charge is 0.330 e. The van der Waals surface area contributed by atoms with Crippen molar-refractivity contribution in [3.05, 3.63) is 42.0 Å². The average molecular weight is 294 g/mol. The number of hydrogen-bond donors (Lipinski definition) is 1. The Morgan fingerprint density at radius 2 is 1.95 bits per heavy atom. The first-order valence-electron chi connectivity index (χ1n) is 6.74. The molecular weight excluding hydrogens is 272 g/mol. The van der Waals surface area contributed by atoms with E-state index in [0.717, 1.165) is 11.3 Å². The Balaban J connectivity index is 2.36. The van der Waals surface area contributed by atoms with Gasteiger partial charge in [0.25, 0.3) is 0 Å². The van der Waals surface area contributed by atoms with E-state index in [2.05, 4.69) is 4.74 Å². The maximum Gasteiger partial charge on any atom is 0.330 e. The third kappa shape index (κ3) is 6.42. The maximum absolute atomic E-state index is 10.9. The topological polar surface area (TPSA) is 65.0 Å². The second-order valence-corrected chi connectivity index (χ2v) is 4.59. The molecule has 0 saturated heterocycles. The minimum atomic E-state index is -0.677. The summed E-state index contributed by atoms with van der Waals surface area (Å²) in [5.41, 5.74) is 1.000. The number of hydrogen-bond acceptors (Lipinski definition) is 5. The summed E-state index contributed by atoms with van der Waals surface area (Å²) in [6.07, 6.45) is 2.18. The standard InChI is InChI=1S/C16H22O5/c1-12(15(17)5-4-6-16(18)20-3)21-11-13-7-9-14(19-2)10-8-13/h4,6-10,12,15,17H,5,11H2,1-3H3/b6-4+/t12-,15+/m0/s1. The number of aliphatic hydroxyl groups is 1. The van der Waals surface area contributed by atoms with Crippen LogP contribution in [0.5, 0.6) is 5.75 Å². The fraction of sp³-hybridized carbons (Fsp3) is 0.438. The summed E-state index contributed by atoms with van der Waals surface area (Å²) in [6.45, 7) is 2.20. The van der Waals surface area contributed by atoms with E-state index in [1.165, 1.54) is 13.2 Å². The molecule has 1 N–H and O–H groups in total. The lowest BCUT2D eigenvalue weighted by Crippen LogP contribution is -2.25. The largest absolute Gasteiger partial charge is 0.497 e. The van der Waals surface area contributed by atoms with Crippen LogP contribution in [0.15, 0.2) is 36.4 Å². The number of aliphatic hydroxyl groups excluding tert-OH is 1.